The molecule has 3 nitrogen and oxygen atoms in total. The standard InChI is InChI=1S/C14H17Cl2N3.ClH/c1-9(2)18-8-10(3)19(14(18)17-4)11-5-6-12(15)13(16)7-11;/h5-9H,1-4H3;1H. The first kappa shape index (κ1) is 17.2. The largest absolute Gasteiger partial charge is 0.314 e. The van der Waals surface area contributed by atoms with Crippen molar-refractivity contribution in [3.63, 3.8) is 0 Å². The summed E-state index contributed by atoms with van der Waals surface area (Å²) in [5.74, 6) is 0. The molecule has 1 heterocycles. The quantitative estimate of drug-likeness (QED) is 0.775. The summed E-state index contributed by atoms with van der Waals surface area (Å²) in [6.45, 7) is 6.32. The monoisotopic (exact) mass is 333 g/mol. The molecule has 0 fully saturated rings. The number of nitrogens with zero attached hydrogens (tertiary/aromatic N) is 3. The molecule has 0 unspecified atom stereocenters. The lowest BCUT2D eigenvalue weighted by molar-refractivity contribution is 0.563. The summed E-state index contributed by atoms with van der Waals surface area (Å²) in [6, 6.07) is 5.95. The molecule has 0 saturated carbocycles. The molecule has 0 atom stereocenters. The first-order valence-corrected chi connectivity index (χ1v) is 6.90. The Kier molecular flexibility index (Phi) is 5.75. The summed E-state index contributed by atoms with van der Waals surface area (Å²) < 4.78 is 4.21. The summed E-state index contributed by atoms with van der Waals surface area (Å²) in [7, 11) is 1.79. The van der Waals surface area contributed by atoms with Crippen molar-refractivity contribution in [3.8, 4) is 5.69 Å². The average molecular weight is 335 g/mol. The van der Waals surface area contributed by atoms with Crippen LogP contribution in [0, 0.1) is 6.92 Å². The number of aromatic nitrogens is 2. The third kappa shape index (κ3) is 3.05. The van der Waals surface area contributed by atoms with E-state index in [4.69, 9.17) is 23.2 Å². The Balaban J connectivity index is 0.00000200. The maximum Gasteiger partial charge on any atom is 0.209 e. The van der Waals surface area contributed by atoms with Gasteiger partial charge in [-0.1, -0.05) is 23.2 Å². The fourth-order valence-corrected chi connectivity index (χ4v) is 2.42. The smallest absolute Gasteiger partial charge is 0.209 e. The molecule has 1 aromatic carbocycles. The Labute approximate surface area is 135 Å². The van der Waals surface area contributed by atoms with Gasteiger partial charge in [0.2, 0.25) is 5.62 Å². The fraction of sp³-hybridized carbons (Fsp3) is 0.357. The number of aryl methyl sites for hydroxylation is 1. The van der Waals surface area contributed by atoms with E-state index in [2.05, 4.69) is 41.1 Å². The van der Waals surface area contributed by atoms with Crippen molar-refractivity contribution >= 4 is 35.6 Å². The van der Waals surface area contributed by atoms with Gasteiger partial charge in [-0.05, 0) is 39.0 Å². The SMILES string of the molecule is CN=c1n(C(C)C)cc(C)n1-c1ccc(Cl)c(Cl)c1.Cl. The summed E-state index contributed by atoms with van der Waals surface area (Å²) in [4.78, 5) is 4.39. The molecular formula is C14H18Cl3N3. The van der Waals surface area contributed by atoms with Crippen LogP contribution < -0.4 is 5.62 Å². The van der Waals surface area contributed by atoms with Gasteiger partial charge in [0.1, 0.15) is 0 Å². The van der Waals surface area contributed by atoms with Crippen LogP contribution in [0.4, 0.5) is 0 Å². The van der Waals surface area contributed by atoms with Crippen molar-refractivity contribution in [2.45, 2.75) is 26.8 Å². The van der Waals surface area contributed by atoms with Crippen molar-refractivity contribution in [1.82, 2.24) is 9.13 Å². The molecule has 2 rings (SSSR count). The Morgan fingerprint density at radius 1 is 1.15 bits per heavy atom. The number of imidazole rings is 1. The van der Waals surface area contributed by atoms with Crippen LogP contribution in [0.1, 0.15) is 25.6 Å². The van der Waals surface area contributed by atoms with Crippen molar-refractivity contribution in [1.29, 1.82) is 0 Å². The molecule has 0 N–H and O–H groups in total. The minimum Gasteiger partial charge on any atom is -0.314 e. The summed E-state index contributed by atoms with van der Waals surface area (Å²) >= 11 is 12.1. The molecule has 0 amide bonds. The van der Waals surface area contributed by atoms with E-state index in [0.717, 1.165) is 17.0 Å². The average Bonchev–Trinajstić information content (AvgIpc) is 2.70. The molecule has 1 aromatic heterocycles. The first-order valence-electron chi connectivity index (χ1n) is 6.14. The zero-order chi connectivity index (χ0) is 14.2. The Morgan fingerprint density at radius 3 is 2.30 bits per heavy atom. The van der Waals surface area contributed by atoms with Gasteiger partial charge < -0.3 is 4.57 Å². The second kappa shape index (κ2) is 6.70. The van der Waals surface area contributed by atoms with Gasteiger partial charge in [0.25, 0.3) is 0 Å². The van der Waals surface area contributed by atoms with Gasteiger partial charge in [-0.2, -0.15) is 0 Å². The van der Waals surface area contributed by atoms with Crippen molar-refractivity contribution < 1.29 is 0 Å². The molecule has 0 radical (unpaired) electrons. The van der Waals surface area contributed by atoms with Gasteiger partial charge in [-0.3, -0.25) is 9.56 Å². The lowest BCUT2D eigenvalue weighted by atomic mass is 10.3. The first-order chi connectivity index (χ1) is 8.95. The van der Waals surface area contributed by atoms with E-state index in [1.54, 1.807) is 13.1 Å². The van der Waals surface area contributed by atoms with E-state index in [-0.39, 0.29) is 12.4 Å². The molecule has 0 aliphatic rings. The highest BCUT2D eigenvalue weighted by Gasteiger charge is 2.11. The highest BCUT2D eigenvalue weighted by atomic mass is 35.5. The molecule has 20 heavy (non-hydrogen) atoms. The zero-order valence-corrected chi connectivity index (χ0v) is 14.2. The van der Waals surface area contributed by atoms with Gasteiger partial charge in [0.15, 0.2) is 0 Å². The molecule has 0 bridgehead atoms. The number of halogens is 3. The number of rotatable bonds is 2. The summed E-state index contributed by atoms with van der Waals surface area (Å²) in [6.07, 6.45) is 2.09. The molecule has 0 aliphatic heterocycles. The second-order valence-corrected chi connectivity index (χ2v) is 5.54. The fourth-order valence-electron chi connectivity index (χ4n) is 2.13. The molecule has 2 aromatic rings. The lowest BCUT2D eigenvalue weighted by Gasteiger charge is -2.09. The van der Waals surface area contributed by atoms with E-state index in [1.165, 1.54) is 0 Å². The zero-order valence-electron chi connectivity index (χ0n) is 11.9. The van der Waals surface area contributed by atoms with Crippen LogP contribution in [0.3, 0.4) is 0 Å². The Bertz CT molecular complexity index is 669. The van der Waals surface area contributed by atoms with Crippen molar-refractivity contribution in [3.05, 3.63) is 45.8 Å². The van der Waals surface area contributed by atoms with E-state index in [0.29, 0.717) is 16.1 Å². The van der Waals surface area contributed by atoms with Gasteiger partial charge >= 0.3 is 0 Å². The molecule has 110 valence electrons. The van der Waals surface area contributed by atoms with Crippen LogP contribution in [0.5, 0.6) is 0 Å². The Hall–Kier alpha value is -0.900. The van der Waals surface area contributed by atoms with Crippen LogP contribution >= 0.6 is 35.6 Å². The van der Waals surface area contributed by atoms with E-state index < -0.39 is 0 Å². The van der Waals surface area contributed by atoms with Crippen molar-refractivity contribution in [2.75, 3.05) is 7.05 Å². The predicted molar refractivity (Wildman–Crippen MR) is 87.6 cm³/mol. The van der Waals surface area contributed by atoms with Crippen LogP contribution in [-0.4, -0.2) is 16.2 Å². The van der Waals surface area contributed by atoms with Crippen LogP contribution in [0.2, 0.25) is 10.0 Å². The van der Waals surface area contributed by atoms with E-state index in [1.807, 2.05) is 12.1 Å². The maximum absolute atomic E-state index is 6.10. The van der Waals surface area contributed by atoms with Crippen LogP contribution in [-0.2, 0) is 0 Å². The van der Waals surface area contributed by atoms with Gasteiger partial charge in [-0.25, -0.2) is 0 Å². The minimum absolute atomic E-state index is 0. The normalized spacial score (nSPS) is 11.8. The van der Waals surface area contributed by atoms with Gasteiger partial charge in [-0.15, -0.1) is 12.4 Å². The topological polar surface area (TPSA) is 22.2 Å². The van der Waals surface area contributed by atoms with Gasteiger partial charge in [0, 0.05) is 25.0 Å². The van der Waals surface area contributed by atoms with Crippen LogP contribution in [0.25, 0.3) is 5.69 Å². The third-order valence-electron chi connectivity index (χ3n) is 3.03. The number of hydrogen-bond donors (Lipinski definition) is 0. The minimum atomic E-state index is 0. The molecule has 6 heteroatoms. The lowest BCUT2D eigenvalue weighted by Crippen LogP contribution is -2.26. The number of hydrogen-bond acceptors (Lipinski definition) is 1. The summed E-state index contributed by atoms with van der Waals surface area (Å²) in [5.41, 5.74) is 2.96. The summed E-state index contributed by atoms with van der Waals surface area (Å²) in [5, 5.41) is 1.10. The predicted octanol–water partition coefficient (Wildman–Crippen LogP) is 4.43. The highest BCUT2D eigenvalue weighted by molar-refractivity contribution is 6.42. The molecule has 0 aliphatic carbocycles. The Morgan fingerprint density at radius 2 is 1.80 bits per heavy atom. The molecule has 0 saturated heterocycles. The van der Waals surface area contributed by atoms with Crippen LogP contribution in [0.15, 0.2) is 29.4 Å². The number of benzene rings is 1. The molecular weight excluding hydrogens is 317 g/mol. The van der Waals surface area contributed by atoms with E-state index in [9.17, 15) is 0 Å². The van der Waals surface area contributed by atoms with Gasteiger partial charge in [0.05, 0.1) is 15.7 Å². The van der Waals surface area contributed by atoms with E-state index >= 15 is 0 Å². The third-order valence-corrected chi connectivity index (χ3v) is 3.77. The second-order valence-electron chi connectivity index (χ2n) is 4.73. The molecule has 0 spiro atoms. The van der Waals surface area contributed by atoms with Crippen molar-refractivity contribution in [2.24, 2.45) is 4.99 Å². The highest BCUT2D eigenvalue weighted by Crippen LogP contribution is 2.24. The maximum atomic E-state index is 6.10.